The Hall–Kier alpha value is -1.55. The number of benzene rings is 1. The summed E-state index contributed by atoms with van der Waals surface area (Å²) in [6.45, 7) is 2.33. The molecule has 0 fully saturated rings. The smallest absolute Gasteiger partial charge is 0.245 e. The van der Waals surface area contributed by atoms with Crippen molar-refractivity contribution in [2.24, 2.45) is 0 Å². The number of nitrogens with one attached hydrogen (secondary N) is 1. The maximum Gasteiger partial charge on any atom is 0.245 e. The Morgan fingerprint density at radius 2 is 2.28 bits per heavy atom. The summed E-state index contributed by atoms with van der Waals surface area (Å²) in [6, 6.07) is 7.84. The predicted octanol–water partition coefficient (Wildman–Crippen LogP) is 1.25. The zero-order valence-electron chi connectivity index (χ0n) is 10.9. The molecule has 1 heterocycles. The van der Waals surface area contributed by atoms with Crippen LogP contribution in [0.4, 0.5) is 5.69 Å². The van der Waals surface area contributed by atoms with Crippen LogP contribution in [0.25, 0.3) is 0 Å². The van der Waals surface area contributed by atoms with Crippen molar-refractivity contribution in [3.05, 3.63) is 29.8 Å². The van der Waals surface area contributed by atoms with Crippen LogP contribution < -0.4 is 5.32 Å². The first-order chi connectivity index (χ1) is 8.58. The standard InChI is InChI=1S/C14H20N2O2/c1-10(17)7-8-16(2)14(18)13-9-11-5-3-4-6-12(11)15-13/h3-6,10,13,15,17H,7-9H2,1-2H3/t10?,13-/m0/s1. The van der Waals surface area contributed by atoms with Crippen molar-refractivity contribution >= 4 is 11.6 Å². The normalized spacial score (nSPS) is 18.9. The molecule has 1 aliphatic rings. The molecule has 0 saturated heterocycles. The van der Waals surface area contributed by atoms with E-state index < -0.39 is 0 Å². The fourth-order valence-electron chi connectivity index (χ4n) is 2.20. The highest BCUT2D eigenvalue weighted by atomic mass is 16.3. The Morgan fingerprint density at radius 3 is 2.94 bits per heavy atom. The molecule has 2 atom stereocenters. The first-order valence-electron chi connectivity index (χ1n) is 6.35. The zero-order valence-corrected chi connectivity index (χ0v) is 10.9. The highest BCUT2D eigenvalue weighted by molar-refractivity contribution is 5.87. The van der Waals surface area contributed by atoms with Gasteiger partial charge in [0.15, 0.2) is 0 Å². The third kappa shape index (κ3) is 2.82. The largest absolute Gasteiger partial charge is 0.393 e. The molecule has 0 aliphatic carbocycles. The lowest BCUT2D eigenvalue weighted by atomic mass is 10.1. The number of anilines is 1. The number of amides is 1. The minimum atomic E-state index is -0.367. The van der Waals surface area contributed by atoms with Gasteiger partial charge in [-0.2, -0.15) is 0 Å². The molecule has 4 heteroatoms. The van der Waals surface area contributed by atoms with E-state index >= 15 is 0 Å². The summed E-state index contributed by atoms with van der Waals surface area (Å²) in [7, 11) is 1.79. The van der Waals surface area contributed by atoms with Crippen molar-refractivity contribution in [1.82, 2.24) is 4.90 Å². The molecule has 1 unspecified atom stereocenters. The van der Waals surface area contributed by atoms with Gasteiger partial charge in [-0.3, -0.25) is 4.79 Å². The van der Waals surface area contributed by atoms with Gasteiger partial charge in [-0.25, -0.2) is 0 Å². The number of nitrogens with zero attached hydrogens (tertiary/aromatic N) is 1. The second-order valence-electron chi connectivity index (χ2n) is 4.96. The van der Waals surface area contributed by atoms with Crippen molar-refractivity contribution in [3.8, 4) is 0 Å². The zero-order chi connectivity index (χ0) is 13.1. The topological polar surface area (TPSA) is 52.6 Å². The van der Waals surface area contributed by atoms with Crippen LogP contribution >= 0.6 is 0 Å². The third-order valence-electron chi connectivity index (χ3n) is 3.33. The van der Waals surface area contributed by atoms with Crippen LogP contribution in [0.3, 0.4) is 0 Å². The van der Waals surface area contributed by atoms with Gasteiger partial charge in [-0.15, -0.1) is 0 Å². The Labute approximate surface area is 108 Å². The summed E-state index contributed by atoms with van der Waals surface area (Å²) >= 11 is 0. The molecule has 0 aromatic heterocycles. The molecular formula is C14H20N2O2. The van der Waals surface area contributed by atoms with E-state index in [0.717, 1.165) is 12.1 Å². The molecule has 1 aromatic rings. The number of likely N-dealkylation sites (N-methyl/N-ethyl adjacent to an activating group) is 1. The SMILES string of the molecule is CC(O)CCN(C)C(=O)[C@@H]1Cc2ccccc2N1. The molecule has 0 spiro atoms. The molecular weight excluding hydrogens is 228 g/mol. The highest BCUT2D eigenvalue weighted by Crippen LogP contribution is 2.25. The van der Waals surface area contributed by atoms with E-state index in [1.54, 1.807) is 18.9 Å². The first kappa shape index (κ1) is 12.9. The second-order valence-corrected chi connectivity index (χ2v) is 4.96. The van der Waals surface area contributed by atoms with Gasteiger partial charge in [0.25, 0.3) is 0 Å². The summed E-state index contributed by atoms with van der Waals surface area (Å²) in [5, 5.41) is 12.5. The van der Waals surface area contributed by atoms with Gasteiger partial charge < -0.3 is 15.3 Å². The maximum absolute atomic E-state index is 12.2. The van der Waals surface area contributed by atoms with Gasteiger partial charge in [-0.05, 0) is 25.0 Å². The van der Waals surface area contributed by atoms with Crippen LogP contribution in [0.1, 0.15) is 18.9 Å². The highest BCUT2D eigenvalue weighted by Gasteiger charge is 2.28. The lowest BCUT2D eigenvalue weighted by Gasteiger charge is -2.22. The average molecular weight is 248 g/mol. The molecule has 1 aromatic carbocycles. The molecule has 98 valence electrons. The molecule has 1 amide bonds. The second kappa shape index (κ2) is 5.40. The van der Waals surface area contributed by atoms with Crippen LogP contribution in [0.15, 0.2) is 24.3 Å². The van der Waals surface area contributed by atoms with Crippen LogP contribution in [-0.4, -0.2) is 41.7 Å². The van der Waals surface area contributed by atoms with Crippen molar-refractivity contribution in [1.29, 1.82) is 0 Å². The Kier molecular flexibility index (Phi) is 3.87. The van der Waals surface area contributed by atoms with Gasteiger partial charge in [-0.1, -0.05) is 18.2 Å². The van der Waals surface area contributed by atoms with Gasteiger partial charge >= 0.3 is 0 Å². The first-order valence-corrected chi connectivity index (χ1v) is 6.35. The monoisotopic (exact) mass is 248 g/mol. The van der Waals surface area contributed by atoms with Gasteiger partial charge in [0.05, 0.1) is 6.10 Å². The number of hydrogen-bond acceptors (Lipinski definition) is 3. The van der Waals surface area contributed by atoms with E-state index in [9.17, 15) is 9.90 Å². The quantitative estimate of drug-likeness (QED) is 0.843. The minimum absolute atomic E-state index is 0.0897. The molecule has 2 N–H and O–H groups in total. The Bertz CT molecular complexity index is 407. The Balaban J connectivity index is 1.92. The van der Waals surface area contributed by atoms with Crippen LogP contribution in [0.5, 0.6) is 0 Å². The number of para-hydroxylation sites is 1. The summed E-state index contributed by atoms with van der Waals surface area (Å²) in [5.74, 6) is 0.0897. The van der Waals surface area contributed by atoms with Crippen molar-refractivity contribution in [3.63, 3.8) is 0 Å². The average Bonchev–Trinajstić information content (AvgIpc) is 2.78. The van der Waals surface area contributed by atoms with Crippen LogP contribution in [0.2, 0.25) is 0 Å². The number of fused-ring (bicyclic) bond motifs is 1. The van der Waals surface area contributed by atoms with E-state index in [0.29, 0.717) is 13.0 Å². The van der Waals surface area contributed by atoms with E-state index in [-0.39, 0.29) is 18.1 Å². The fourth-order valence-corrected chi connectivity index (χ4v) is 2.20. The lowest BCUT2D eigenvalue weighted by Crippen LogP contribution is -2.40. The molecule has 0 bridgehead atoms. The van der Waals surface area contributed by atoms with Crippen LogP contribution in [0, 0.1) is 0 Å². The van der Waals surface area contributed by atoms with Gasteiger partial charge in [0, 0.05) is 25.7 Å². The lowest BCUT2D eigenvalue weighted by molar-refractivity contribution is -0.130. The molecule has 4 nitrogen and oxygen atoms in total. The van der Waals surface area contributed by atoms with Crippen LogP contribution in [-0.2, 0) is 11.2 Å². The van der Waals surface area contributed by atoms with Crippen molar-refractivity contribution in [2.45, 2.75) is 31.9 Å². The Morgan fingerprint density at radius 1 is 1.56 bits per heavy atom. The number of hydrogen-bond donors (Lipinski definition) is 2. The van der Waals surface area contributed by atoms with Crippen molar-refractivity contribution in [2.75, 3.05) is 18.9 Å². The van der Waals surface area contributed by atoms with E-state index in [1.807, 2.05) is 24.3 Å². The maximum atomic E-state index is 12.2. The number of rotatable bonds is 4. The molecule has 18 heavy (non-hydrogen) atoms. The fraction of sp³-hybridized carbons (Fsp3) is 0.500. The third-order valence-corrected chi connectivity index (χ3v) is 3.33. The van der Waals surface area contributed by atoms with Gasteiger partial charge in [0.2, 0.25) is 5.91 Å². The van der Waals surface area contributed by atoms with E-state index in [4.69, 9.17) is 0 Å². The summed E-state index contributed by atoms with van der Waals surface area (Å²) in [6.07, 6.45) is 0.990. The van der Waals surface area contributed by atoms with E-state index in [1.165, 1.54) is 5.56 Å². The summed E-state index contributed by atoms with van der Waals surface area (Å²) in [5.41, 5.74) is 2.25. The summed E-state index contributed by atoms with van der Waals surface area (Å²) in [4.78, 5) is 13.9. The molecule has 0 radical (unpaired) electrons. The van der Waals surface area contributed by atoms with E-state index in [2.05, 4.69) is 5.32 Å². The number of aliphatic hydroxyl groups excluding tert-OH is 1. The van der Waals surface area contributed by atoms with Crippen molar-refractivity contribution < 1.29 is 9.90 Å². The number of carbonyl (C=O) groups excluding carboxylic acids is 1. The van der Waals surface area contributed by atoms with Gasteiger partial charge in [0.1, 0.15) is 6.04 Å². The molecule has 1 aliphatic heterocycles. The summed E-state index contributed by atoms with van der Waals surface area (Å²) < 4.78 is 0. The number of aliphatic hydroxyl groups is 1. The minimum Gasteiger partial charge on any atom is -0.393 e. The number of carbonyl (C=O) groups is 1. The molecule has 2 rings (SSSR count). The predicted molar refractivity (Wildman–Crippen MR) is 71.5 cm³/mol. The molecule has 0 saturated carbocycles.